The predicted molar refractivity (Wildman–Crippen MR) is 109 cm³/mol. The van der Waals surface area contributed by atoms with Gasteiger partial charge in [-0.3, -0.25) is 9.69 Å². The van der Waals surface area contributed by atoms with Crippen LogP contribution in [-0.4, -0.2) is 36.1 Å². The van der Waals surface area contributed by atoms with Crippen molar-refractivity contribution < 1.29 is 14.6 Å². The highest BCUT2D eigenvalue weighted by Gasteiger charge is 2.23. The first kappa shape index (κ1) is 20.2. The molecule has 1 heterocycles. The minimum atomic E-state index is -0.188. The van der Waals surface area contributed by atoms with Crippen LogP contribution >= 0.6 is 0 Å². The molecule has 150 valence electrons. The number of nitrogens with zero attached hydrogens (tertiary/aromatic N) is 1. The Morgan fingerprint density at radius 3 is 2.68 bits per heavy atom. The first-order valence-electron chi connectivity index (χ1n) is 9.71. The Balaban J connectivity index is 1.52. The van der Waals surface area contributed by atoms with Gasteiger partial charge in [0.15, 0.2) is 11.5 Å². The molecule has 0 aliphatic carbocycles. The van der Waals surface area contributed by atoms with Crippen LogP contribution in [0.4, 0.5) is 0 Å². The Kier molecular flexibility index (Phi) is 6.90. The minimum absolute atomic E-state index is 0.0282. The van der Waals surface area contributed by atoms with Crippen molar-refractivity contribution in [3.8, 4) is 11.5 Å². The number of amides is 1. The zero-order chi connectivity index (χ0) is 19.9. The Hall–Kier alpha value is -2.57. The van der Waals surface area contributed by atoms with Crippen molar-refractivity contribution >= 4 is 5.91 Å². The van der Waals surface area contributed by atoms with Gasteiger partial charge in [0.2, 0.25) is 5.91 Å². The number of rotatable bonds is 8. The van der Waals surface area contributed by atoms with Crippen molar-refractivity contribution in [3.05, 3.63) is 59.2 Å². The molecule has 0 bridgehead atoms. The van der Waals surface area contributed by atoms with Crippen LogP contribution in [0, 0.1) is 5.92 Å². The molecular formula is C22H29N3O3. The van der Waals surface area contributed by atoms with Gasteiger partial charge >= 0.3 is 0 Å². The van der Waals surface area contributed by atoms with Gasteiger partial charge in [-0.1, -0.05) is 30.3 Å². The lowest BCUT2D eigenvalue weighted by molar-refractivity contribution is -0.123. The van der Waals surface area contributed by atoms with Gasteiger partial charge < -0.3 is 20.9 Å². The van der Waals surface area contributed by atoms with Crippen molar-refractivity contribution in [2.24, 2.45) is 11.7 Å². The zero-order valence-electron chi connectivity index (χ0n) is 16.4. The largest absolute Gasteiger partial charge is 0.504 e. The Morgan fingerprint density at radius 1 is 1.21 bits per heavy atom. The summed E-state index contributed by atoms with van der Waals surface area (Å²) in [6.07, 6.45) is 1.92. The third-order valence-corrected chi connectivity index (χ3v) is 5.21. The number of nitrogens with one attached hydrogen (secondary N) is 1. The molecule has 0 saturated carbocycles. The molecule has 0 aromatic heterocycles. The second kappa shape index (κ2) is 9.57. The van der Waals surface area contributed by atoms with E-state index in [4.69, 9.17) is 10.5 Å². The molecule has 3 rings (SSSR count). The van der Waals surface area contributed by atoms with Gasteiger partial charge in [0.25, 0.3) is 0 Å². The monoisotopic (exact) mass is 383 g/mol. The fraction of sp³-hybridized carbons (Fsp3) is 0.409. The summed E-state index contributed by atoms with van der Waals surface area (Å²) in [5.74, 6) is 0.416. The van der Waals surface area contributed by atoms with Crippen LogP contribution in [0.3, 0.4) is 0 Å². The van der Waals surface area contributed by atoms with E-state index >= 15 is 0 Å². The number of likely N-dealkylation sites (tertiary alicyclic amines) is 1. The van der Waals surface area contributed by atoms with Crippen LogP contribution in [0.25, 0.3) is 0 Å². The SMILES string of the molecule is COc1ccc(CNCc2cccc(CN3CCCC(C(N)=O)C3)c2)cc1O. The van der Waals surface area contributed by atoms with Crippen LogP contribution in [0.1, 0.15) is 29.5 Å². The van der Waals surface area contributed by atoms with Gasteiger partial charge in [0.05, 0.1) is 13.0 Å². The van der Waals surface area contributed by atoms with Gasteiger partial charge in [-0.2, -0.15) is 0 Å². The molecule has 1 amide bonds. The lowest BCUT2D eigenvalue weighted by Crippen LogP contribution is -2.40. The molecule has 1 aliphatic rings. The topological polar surface area (TPSA) is 87.8 Å². The lowest BCUT2D eigenvalue weighted by Gasteiger charge is -2.31. The number of primary amides is 1. The maximum absolute atomic E-state index is 11.5. The molecule has 6 nitrogen and oxygen atoms in total. The molecule has 2 aromatic carbocycles. The van der Waals surface area contributed by atoms with Gasteiger partial charge in [-0.25, -0.2) is 0 Å². The molecule has 1 aliphatic heterocycles. The summed E-state index contributed by atoms with van der Waals surface area (Å²) >= 11 is 0. The number of phenolic OH excluding ortho intramolecular Hbond substituents is 1. The van der Waals surface area contributed by atoms with Crippen LogP contribution in [0.15, 0.2) is 42.5 Å². The summed E-state index contributed by atoms with van der Waals surface area (Å²) in [6, 6.07) is 13.9. The summed E-state index contributed by atoms with van der Waals surface area (Å²) in [5, 5.41) is 13.3. The molecule has 0 radical (unpaired) electrons. The summed E-state index contributed by atoms with van der Waals surface area (Å²) in [5.41, 5.74) is 8.93. The molecule has 0 spiro atoms. The summed E-state index contributed by atoms with van der Waals surface area (Å²) in [7, 11) is 1.54. The Bertz CT molecular complexity index is 809. The van der Waals surface area contributed by atoms with Crippen LogP contribution in [0.2, 0.25) is 0 Å². The molecule has 1 saturated heterocycles. The minimum Gasteiger partial charge on any atom is -0.504 e. The van der Waals surface area contributed by atoms with E-state index in [0.717, 1.165) is 44.6 Å². The lowest BCUT2D eigenvalue weighted by atomic mass is 9.97. The molecule has 4 N–H and O–H groups in total. The molecule has 1 unspecified atom stereocenters. The molecule has 1 fully saturated rings. The molecule has 28 heavy (non-hydrogen) atoms. The van der Waals surface area contributed by atoms with E-state index in [9.17, 15) is 9.90 Å². The fourth-order valence-corrected chi connectivity index (χ4v) is 3.72. The third-order valence-electron chi connectivity index (χ3n) is 5.21. The first-order chi connectivity index (χ1) is 13.5. The maximum atomic E-state index is 11.5. The Morgan fingerprint density at radius 2 is 1.96 bits per heavy atom. The van der Waals surface area contributed by atoms with E-state index in [0.29, 0.717) is 12.3 Å². The number of carbonyl (C=O) groups is 1. The maximum Gasteiger partial charge on any atom is 0.221 e. The van der Waals surface area contributed by atoms with E-state index in [1.54, 1.807) is 12.1 Å². The number of hydrogen-bond acceptors (Lipinski definition) is 5. The van der Waals surface area contributed by atoms with E-state index < -0.39 is 0 Å². The Labute approximate surface area is 166 Å². The number of phenols is 1. The highest BCUT2D eigenvalue weighted by molar-refractivity contribution is 5.76. The fourth-order valence-electron chi connectivity index (χ4n) is 3.72. The zero-order valence-corrected chi connectivity index (χ0v) is 16.4. The number of carbonyl (C=O) groups excluding carboxylic acids is 1. The highest BCUT2D eigenvalue weighted by Crippen LogP contribution is 2.26. The predicted octanol–water partition coefficient (Wildman–Crippen LogP) is 2.39. The molecule has 2 aromatic rings. The van der Waals surface area contributed by atoms with Gasteiger partial charge in [-0.15, -0.1) is 0 Å². The summed E-state index contributed by atoms with van der Waals surface area (Å²) in [4.78, 5) is 13.8. The number of ether oxygens (including phenoxy) is 1. The first-order valence-corrected chi connectivity index (χ1v) is 9.71. The average molecular weight is 383 g/mol. The van der Waals surface area contributed by atoms with Crippen LogP contribution < -0.4 is 15.8 Å². The number of benzene rings is 2. The molecule has 6 heteroatoms. The van der Waals surface area contributed by atoms with Crippen molar-refractivity contribution in [3.63, 3.8) is 0 Å². The van der Waals surface area contributed by atoms with E-state index in [1.807, 2.05) is 6.07 Å². The molecule has 1 atom stereocenters. The second-order valence-electron chi connectivity index (χ2n) is 7.41. The number of piperidine rings is 1. The van der Waals surface area contributed by atoms with E-state index in [-0.39, 0.29) is 17.6 Å². The van der Waals surface area contributed by atoms with Crippen molar-refractivity contribution in [2.45, 2.75) is 32.5 Å². The highest BCUT2D eigenvalue weighted by atomic mass is 16.5. The van der Waals surface area contributed by atoms with E-state index in [2.05, 4.69) is 34.5 Å². The standard InChI is InChI=1S/C22H29N3O3/c1-28-21-8-7-17(11-20(21)26)13-24-12-16-4-2-5-18(10-16)14-25-9-3-6-19(15-25)22(23)27/h2,4-5,7-8,10-11,19,24,26H,3,6,9,12-15H2,1H3,(H2,23,27). The van der Waals surface area contributed by atoms with Gasteiger partial charge in [0.1, 0.15) is 0 Å². The average Bonchev–Trinajstić information content (AvgIpc) is 2.69. The number of nitrogens with two attached hydrogens (primary N) is 1. The van der Waals surface area contributed by atoms with Crippen LogP contribution in [-0.2, 0) is 24.4 Å². The summed E-state index contributed by atoms with van der Waals surface area (Å²) in [6.45, 7) is 3.99. The van der Waals surface area contributed by atoms with Gasteiger partial charge in [0, 0.05) is 26.2 Å². The number of methoxy groups -OCH3 is 1. The normalized spacial score (nSPS) is 17.4. The van der Waals surface area contributed by atoms with Crippen LogP contribution in [0.5, 0.6) is 11.5 Å². The second-order valence-corrected chi connectivity index (χ2v) is 7.41. The van der Waals surface area contributed by atoms with Crippen molar-refractivity contribution in [1.82, 2.24) is 10.2 Å². The quantitative estimate of drug-likeness (QED) is 0.651. The van der Waals surface area contributed by atoms with Crippen molar-refractivity contribution in [2.75, 3.05) is 20.2 Å². The third kappa shape index (κ3) is 5.47. The number of aromatic hydroxyl groups is 1. The summed E-state index contributed by atoms with van der Waals surface area (Å²) < 4.78 is 5.07. The van der Waals surface area contributed by atoms with Gasteiger partial charge in [-0.05, 0) is 48.2 Å². The van der Waals surface area contributed by atoms with E-state index in [1.165, 1.54) is 18.2 Å². The number of hydrogen-bond donors (Lipinski definition) is 3. The smallest absolute Gasteiger partial charge is 0.221 e. The molecular weight excluding hydrogens is 354 g/mol. The van der Waals surface area contributed by atoms with Crippen molar-refractivity contribution in [1.29, 1.82) is 0 Å².